The molecule has 4 nitrogen and oxygen atoms in total. The Kier molecular flexibility index (Phi) is 3.84. The van der Waals surface area contributed by atoms with Crippen LogP contribution in [0.15, 0.2) is 23.1 Å². The van der Waals surface area contributed by atoms with E-state index < -0.39 is 10.0 Å². The number of hydrogen-bond acceptors (Lipinski definition) is 3. The molecule has 0 amide bonds. The molecule has 0 saturated carbocycles. The van der Waals surface area contributed by atoms with Gasteiger partial charge in [-0.2, -0.15) is 0 Å². The van der Waals surface area contributed by atoms with Crippen LogP contribution in [0, 0.1) is 13.8 Å². The van der Waals surface area contributed by atoms with Gasteiger partial charge < -0.3 is 5.73 Å². The van der Waals surface area contributed by atoms with Crippen LogP contribution < -0.4 is 10.5 Å². The van der Waals surface area contributed by atoms with Gasteiger partial charge in [-0.25, -0.2) is 13.1 Å². The Morgan fingerprint density at radius 1 is 1.27 bits per heavy atom. The minimum absolute atomic E-state index is 0.259. The van der Waals surface area contributed by atoms with Crippen LogP contribution in [-0.2, 0) is 10.0 Å². The average Bonchev–Trinajstić information content (AvgIpc) is 2.19. The summed E-state index contributed by atoms with van der Waals surface area (Å²) in [4.78, 5) is 0.291. The van der Waals surface area contributed by atoms with E-state index in [1.165, 1.54) is 0 Å². The Hall–Kier alpha value is -0.910. The number of aryl methyl sites for hydroxylation is 2. The average molecular weight is 228 g/mol. The largest absolute Gasteiger partial charge is 0.329 e. The molecular weight excluding hydrogens is 212 g/mol. The molecule has 0 bridgehead atoms. The number of nitrogens with one attached hydrogen (secondary N) is 1. The van der Waals surface area contributed by atoms with Crippen LogP contribution in [0.1, 0.15) is 11.1 Å². The fourth-order valence-corrected chi connectivity index (χ4v) is 2.29. The molecule has 1 aromatic carbocycles. The summed E-state index contributed by atoms with van der Waals surface area (Å²) >= 11 is 0. The summed E-state index contributed by atoms with van der Waals surface area (Å²) in [6.07, 6.45) is 0. The lowest BCUT2D eigenvalue weighted by atomic mass is 10.1. The van der Waals surface area contributed by atoms with Crippen LogP contribution in [0.4, 0.5) is 0 Å². The van der Waals surface area contributed by atoms with Gasteiger partial charge in [0.2, 0.25) is 10.0 Å². The SMILES string of the molecule is Cc1ccc(S(=O)(=O)NCCN)cc1C. The number of hydrogen-bond donors (Lipinski definition) is 2. The van der Waals surface area contributed by atoms with Crippen molar-refractivity contribution in [1.82, 2.24) is 4.72 Å². The maximum absolute atomic E-state index is 11.7. The van der Waals surface area contributed by atoms with Gasteiger partial charge in [0.1, 0.15) is 0 Å². The predicted octanol–water partition coefficient (Wildman–Crippen LogP) is 0.540. The van der Waals surface area contributed by atoms with E-state index in [-0.39, 0.29) is 6.54 Å². The molecule has 0 radical (unpaired) electrons. The van der Waals surface area contributed by atoms with Crippen LogP contribution >= 0.6 is 0 Å². The van der Waals surface area contributed by atoms with Crippen molar-refractivity contribution in [2.24, 2.45) is 5.73 Å². The predicted molar refractivity (Wildman–Crippen MR) is 60.2 cm³/mol. The van der Waals surface area contributed by atoms with Gasteiger partial charge in [0.25, 0.3) is 0 Å². The van der Waals surface area contributed by atoms with E-state index in [4.69, 9.17) is 5.73 Å². The topological polar surface area (TPSA) is 72.2 Å². The zero-order chi connectivity index (χ0) is 11.5. The van der Waals surface area contributed by atoms with Crippen molar-refractivity contribution in [1.29, 1.82) is 0 Å². The van der Waals surface area contributed by atoms with Crippen molar-refractivity contribution in [2.45, 2.75) is 18.7 Å². The van der Waals surface area contributed by atoms with E-state index in [0.29, 0.717) is 11.4 Å². The molecule has 0 saturated heterocycles. The molecule has 3 N–H and O–H groups in total. The normalized spacial score (nSPS) is 11.7. The maximum Gasteiger partial charge on any atom is 0.240 e. The Bertz CT molecular complexity index is 441. The molecule has 1 rings (SSSR count). The molecular formula is C10H16N2O2S. The third kappa shape index (κ3) is 3.02. The summed E-state index contributed by atoms with van der Waals surface area (Å²) in [6, 6.07) is 5.06. The highest BCUT2D eigenvalue weighted by Gasteiger charge is 2.13. The lowest BCUT2D eigenvalue weighted by Gasteiger charge is -2.07. The minimum atomic E-state index is -3.39. The van der Waals surface area contributed by atoms with Gasteiger partial charge in [0, 0.05) is 13.1 Å². The Morgan fingerprint density at radius 2 is 1.93 bits per heavy atom. The third-order valence-corrected chi connectivity index (χ3v) is 3.68. The summed E-state index contributed by atoms with van der Waals surface area (Å²) in [6.45, 7) is 4.38. The lowest BCUT2D eigenvalue weighted by molar-refractivity contribution is 0.582. The number of rotatable bonds is 4. The molecule has 0 aliphatic carbocycles. The quantitative estimate of drug-likeness (QED) is 0.790. The molecule has 0 heterocycles. The van der Waals surface area contributed by atoms with Gasteiger partial charge in [0.05, 0.1) is 4.90 Å². The first-order valence-electron chi connectivity index (χ1n) is 4.74. The summed E-state index contributed by atoms with van der Waals surface area (Å²) < 4.78 is 25.8. The fraction of sp³-hybridized carbons (Fsp3) is 0.400. The van der Waals surface area contributed by atoms with Crippen molar-refractivity contribution in [3.05, 3.63) is 29.3 Å². The third-order valence-electron chi connectivity index (χ3n) is 2.23. The molecule has 0 aliphatic rings. The highest BCUT2D eigenvalue weighted by Crippen LogP contribution is 2.14. The van der Waals surface area contributed by atoms with Crippen LogP contribution in [0.3, 0.4) is 0 Å². The first-order valence-corrected chi connectivity index (χ1v) is 6.22. The molecule has 0 aliphatic heterocycles. The van der Waals surface area contributed by atoms with Crippen molar-refractivity contribution < 1.29 is 8.42 Å². The van der Waals surface area contributed by atoms with E-state index in [0.717, 1.165) is 11.1 Å². The van der Waals surface area contributed by atoms with Gasteiger partial charge >= 0.3 is 0 Å². The second-order valence-electron chi connectivity index (χ2n) is 3.43. The molecule has 0 spiro atoms. The Labute approximate surface area is 90.5 Å². The molecule has 0 atom stereocenters. The van der Waals surface area contributed by atoms with Gasteiger partial charge in [-0.1, -0.05) is 6.07 Å². The van der Waals surface area contributed by atoms with Crippen LogP contribution in [-0.4, -0.2) is 21.5 Å². The van der Waals surface area contributed by atoms with E-state index in [9.17, 15) is 8.42 Å². The second-order valence-corrected chi connectivity index (χ2v) is 5.20. The molecule has 0 aromatic heterocycles. The van der Waals surface area contributed by atoms with Gasteiger partial charge in [-0.05, 0) is 37.1 Å². The van der Waals surface area contributed by atoms with E-state index in [1.54, 1.807) is 18.2 Å². The van der Waals surface area contributed by atoms with Crippen LogP contribution in [0.5, 0.6) is 0 Å². The first-order chi connectivity index (χ1) is 6.97. The van der Waals surface area contributed by atoms with E-state index in [2.05, 4.69) is 4.72 Å². The van der Waals surface area contributed by atoms with E-state index >= 15 is 0 Å². The number of sulfonamides is 1. The van der Waals surface area contributed by atoms with Crippen molar-refractivity contribution in [3.63, 3.8) is 0 Å². The summed E-state index contributed by atoms with van der Waals surface area (Å²) in [5.74, 6) is 0. The highest BCUT2D eigenvalue weighted by atomic mass is 32.2. The molecule has 0 fully saturated rings. The molecule has 84 valence electrons. The van der Waals surface area contributed by atoms with Crippen LogP contribution in [0.25, 0.3) is 0 Å². The molecule has 5 heteroatoms. The van der Waals surface area contributed by atoms with Gasteiger partial charge in [-0.3, -0.25) is 0 Å². The standard InChI is InChI=1S/C10H16N2O2S/c1-8-3-4-10(7-9(8)2)15(13,14)12-6-5-11/h3-4,7,12H,5-6,11H2,1-2H3. The van der Waals surface area contributed by atoms with Gasteiger partial charge in [-0.15, -0.1) is 0 Å². The van der Waals surface area contributed by atoms with Crippen LogP contribution in [0.2, 0.25) is 0 Å². The van der Waals surface area contributed by atoms with E-state index in [1.807, 2.05) is 13.8 Å². The summed E-state index contributed by atoms with van der Waals surface area (Å²) in [7, 11) is -3.39. The first kappa shape index (κ1) is 12.2. The lowest BCUT2D eigenvalue weighted by Crippen LogP contribution is -2.29. The highest BCUT2D eigenvalue weighted by molar-refractivity contribution is 7.89. The van der Waals surface area contributed by atoms with Crippen molar-refractivity contribution >= 4 is 10.0 Å². The summed E-state index contributed by atoms with van der Waals surface area (Å²) in [5.41, 5.74) is 7.28. The van der Waals surface area contributed by atoms with Crippen molar-refractivity contribution in [2.75, 3.05) is 13.1 Å². The smallest absolute Gasteiger partial charge is 0.240 e. The zero-order valence-electron chi connectivity index (χ0n) is 8.95. The Balaban J connectivity index is 3.00. The monoisotopic (exact) mass is 228 g/mol. The molecule has 0 unspecified atom stereocenters. The fourth-order valence-electron chi connectivity index (χ4n) is 1.16. The number of nitrogens with two attached hydrogens (primary N) is 1. The molecule has 1 aromatic rings. The Morgan fingerprint density at radius 3 is 2.47 bits per heavy atom. The second kappa shape index (κ2) is 4.74. The zero-order valence-corrected chi connectivity index (χ0v) is 9.76. The minimum Gasteiger partial charge on any atom is -0.329 e. The number of benzene rings is 1. The molecule has 15 heavy (non-hydrogen) atoms. The van der Waals surface area contributed by atoms with Crippen molar-refractivity contribution in [3.8, 4) is 0 Å². The maximum atomic E-state index is 11.7. The van der Waals surface area contributed by atoms with Gasteiger partial charge in [0.15, 0.2) is 0 Å². The summed E-state index contributed by atoms with van der Waals surface area (Å²) in [5, 5.41) is 0.